The van der Waals surface area contributed by atoms with Crippen molar-refractivity contribution in [3.63, 3.8) is 0 Å². The molecule has 0 radical (unpaired) electrons. The second-order valence-electron chi connectivity index (χ2n) is 8.17. The van der Waals surface area contributed by atoms with E-state index in [1.807, 2.05) is 34.0 Å². The van der Waals surface area contributed by atoms with Crippen LogP contribution in [0, 0.1) is 0 Å². The van der Waals surface area contributed by atoms with Crippen LogP contribution in [0.15, 0.2) is 91.0 Å². The predicted molar refractivity (Wildman–Crippen MR) is 144 cm³/mol. The van der Waals surface area contributed by atoms with Crippen LogP contribution in [0.3, 0.4) is 0 Å². The molecule has 0 aliphatic rings. The summed E-state index contributed by atoms with van der Waals surface area (Å²) >= 11 is 5.73. The second-order valence-corrected chi connectivity index (χ2v) is 11.3. The average molecular weight is 462 g/mol. The maximum absolute atomic E-state index is 2.47. The van der Waals surface area contributed by atoms with Gasteiger partial charge in [-0.25, -0.2) is 0 Å². The molecular formula is C28H15NS3. The van der Waals surface area contributed by atoms with Crippen molar-refractivity contribution in [3.8, 4) is 5.69 Å². The number of fused-ring (bicyclic) bond motifs is 10. The van der Waals surface area contributed by atoms with Gasteiger partial charge in [0, 0.05) is 46.7 Å². The number of thiophene rings is 3. The Bertz CT molecular complexity index is 1990. The highest BCUT2D eigenvalue weighted by Crippen LogP contribution is 2.48. The monoisotopic (exact) mass is 461 g/mol. The highest BCUT2D eigenvalue weighted by atomic mass is 32.1. The highest BCUT2D eigenvalue weighted by Gasteiger charge is 2.20. The van der Waals surface area contributed by atoms with Crippen LogP contribution in [0.5, 0.6) is 0 Å². The lowest BCUT2D eigenvalue weighted by Gasteiger charge is -2.07. The van der Waals surface area contributed by atoms with Gasteiger partial charge in [0.2, 0.25) is 0 Å². The van der Waals surface area contributed by atoms with E-state index in [0.717, 1.165) is 0 Å². The summed E-state index contributed by atoms with van der Waals surface area (Å²) in [6.07, 6.45) is 0. The molecule has 0 aliphatic carbocycles. The van der Waals surface area contributed by atoms with E-state index in [9.17, 15) is 0 Å². The third kappa shape index (κ3) is 2.17. The zero-order valence-electron chi connectivity index (χ0n) is 16.8. The molecule has 4 aromatic heterocycles. The molecule has 0 aliphatic heterocycles. The van der Waals surface area contributed by atoms with E-state index in [2.05, 4.69) is 95.6 Å². The van der Waals surface area contributed by atoms with E-state index in [4.69, 9.17) is 0 Å². The Labute approximate surface area is 195 Å². The molecule has 0 N–H and O–H groups in total. The third-order valence-electron chi connectivity index (χ3n) is 6.43. The maximum atomic E-state index is 2.47. The molecule has 8 rings (SSSR count). The Morgan fingerprint density at radius 3 is 2.06 bits per heavy atom. The fourth-order valence-electron chi connectivity index (χ4n) is 5.03. The summed E-state index contributed by atoms with van der Waals surface area (Å²) in [5.41, 5.74) is 2.53. The molecule has 4 heterocycles. The molecule has 150 valence electrons. The van der Waals surface area contributed by atoms with E-state index in [1.165, 1.54) is 66.5 Å². The summed E-state index contributed by atoms with van der Waals surface area (Å²) < 4.78 is 9.38. The van der Waals surface area contributed by atoms with Crippen LogP contribution in [0.25, 0.3) is 66.5 Å². The molecule has 8 aromatic rings. The smallest absolute Gasteiger partial charge is 0.110 e. The van der Waals surface area contributed by atoms with Crippen LogP contribution in [0.1, 0.15) is 0 Å². The third-order valence-corrected chi connectivity index (χ3v) is 10.1. The molecular weight excluding hydrogens is 447 g/mol. The lowest BCUT2D eigenvalue weighted by Crippen LogP contribution is -1.91. The fraction of sp³-hybridized carbons (Fsp3) is 0. The van der Waals surface area contributed by atoms with Crippen molar-refractivity contribution in [2.75, 3.05) is 0 Å². The van der Waals surface area contributed by atoms with Gasteiger partial charge in [-0.05, 0) is 36.4 Å². The quantitative estimate of drug-likeness (QED) is 0.229. The Morgan fingerprint density at radius 2 is 1.19 bits per heavy atom. The highest BCUT2D eigenvalue weighted by molar-refractivity contribution is 7.36. The number of para-hydroxylation sites is 1. The van der Waals surface area contributed by atoms with Gasteiger partial charge in [-0.1, -0.05) is 54.6 Å². The number of benzene rings is 4. The van der Waals surface area contributed by atoms with Gasteiger partial charge in [-0.3, -0.25) is 0 Å². The number of rotatable bonds is 1. The number of nitrogens with zero attached hydrogens (tertiary/aromatic N) is 1. The summed E-state index contributed by atoms with van der Waals surface area (Å²) in [7, 11) is 0. The van der Waals surface area contributed by atoms with Crippen molar-refractivity contribution in [2.45, 2.75) is 0 Å². The molecule has 0 atom stereocenters. The predicted octanol–water partition coefficient (Wildman–Crippen LogP) is 9.58. The van der Waals surface area contributed by atoms with Gasteiger partial charge in [0.25, 0.3) is 0 Å². The first kappa shape index (κ1) is 17.4. The zero-order valence-corrected chi connectivity index (χ0v) is 19.3. The number of hydrogen-bond acceptors (Lipinski definition) is 3. The minimum atomic E-state index is 1.24. The molecule has 0 saturated carbocycles. The van der Waals surface area contributed by atoms with Crippen molar-refractivity contribution < 1.29 is 0 Å². The topological polar surface area (TPSA) is 4.93 Å². The van der Waals surface area contributed by atoms with E-state index in [1.54, 1.807) is 0 Å². The van der Waals surface area contributed by atoms with Crippen molar-refractivity contribution in [1.82, 2.24) is 4.57 Å². The van der Waals surface area contributed by atoms with E-state index >= 15 is 0 Å². The standard InChI is InChI=1S/C28H15NS3/c1-4-10-21-18(8-1)25-27-26(19-9-3-6-12-23(19)31-27)32-28(25)29(21)16-13-14-24-20(15-16)17-7-2-5-11-22(17)30-24/h1-15H. The van der Waals surface area contributed by atoms with Gasteiger partial charge in [0.15, 0.2) is 0 Å². The van der Waals surface area contributed by atoms with Crippen molar-refractivity contribution in [1.29, 1.82) is 0 Å². The molecule has 0 unspecified atom stereocenters. The molecule has 1 nitrogen and oxygen atoms in total. The summed E-state index contributed by atoms with van der Waals surface area (Å²) in [5.74, 6) is 0. The van der Waals surface area contributed by atoms with E-state index < -0.39 is 0 Å². The SMILES string of the molecule is c1ccc2c(c1)sc1ccc(-n3c4ccccc4c4c5sc6ccccc6c5sc43)cc12. The maximum Gasteiger partial charge on any atom is 0.110 e. The van der Waals surface area contributed by atoms with Gasteiger partial charge in [0.05, 0.1) is 14.9 Å². The first-order valence-corrected chi connectivity index (χ1v) is 13.1. The Hall–Kier alpha value is -3.18. The van der Waals surface area contributed by atoms with E-state index in [-0.39, 0.29) is 0 Å². The van der Waals surface area contributed by atoms with Crippen LogP contribution in [0.4, 0.5) is 0 Å². The van der Waals surface area contributed by atoms with Gasteiger partial charge >= 0.3 is 0 Å². The van der Waals surface area contributed by atoms with Gasteiger partial charge in [0.1, 0.15) is 4.83 Å². The molecule has 0 amide bonds. The first-order valence-electron chi connectivity index (χ1n) is 10.6. The fourth-order valence-corrected chi connectivity index (χ4v) is 8.94. The summed E-state index contributed by atoms with van der Waals surface area (Å²) in [6.45, 7) is 0. The zero-order chi connectivity index (χ0) is 20.8. The Morgan fingerprint density at radius 1 is 0.500 bits per heavy atom. The minimum absolute atomic E-state index is 1.24. The molecule has 0 saturated heterocycles. The Balaban J connectivity index is 1.53. The van der Waals surface area contributed by atoms with Gasteiger partial charge in [-0.2, -0.15) is 0 Å². The lowest BCUT2D eigenvalue weighted by molar-refractivity contribution is 1.20. The Kier molecular flexibility index (Phi) is 3.37. The molecule has 32 heavy (non-hydrogen) atoms. The van der Waals surface area contributed by atoms with Crippen molar-refractivity contribution in [2.24, 2.45) is 0 Å². The summed E-state index contributed by atoms with van der Waals surface area (Å²) in [5, 5.41) is 6.81. The summed E-state index contributed by atoms with van der Waals surface area (Å²) in [4.78, 5) is 1.34. The van der Waals surface area contributed by atoms with Crippen molar-refractivity contribution >= 4 is 94.8 Å². The summed E-state index contributed by atoms with van der Waals surface area (Å²) in [6, 6.07) is 33.4. The first-order chi connectivity index (χ1) is 15.9. The second kappa shape index (κ2) is 6.20. The van der Waals surface area contributed by atoms with Crippen LogP contribution < -0.4 is 0 Å². The van der Waals surface area contributed by atoms with E-state index in [0.29, 0.717) is 0 Å². The lowest BCUT2D eigenvalue weighted by atomic mass is 10.1. The molecule has 4 aromatic carbocycles. The van der Waals surface area contributed by atoms with Gasteiger partial charge < -0.3 is 4.57 Å². The molecule has 4 heteroatoms. The number of aromatic nitrogens is 1. The molecule has 0 spiro atoms. The van der Waals surface area contributed by atoms with Crippen LogP contribution >= 0.6 is 34.0 Å². The normalized spacial score (nSPS) is 12.4. The molecule has 0 fully saturated rings. The van der Waals surface area contributed by atoms with Crippen molar-refractivity contribution in [3.05, 3.63) is 91.0 Å². The van der Waals surface area contributed by atoms with Crippen LogP contribution in [0.2, 0.25) is 0 Å². The largest absolute Gasteiger partial charge is 0.301 e. The van der Waals surface area contributed by atoms with Crippen LogP contribution in [-0.2, 0) is 0 Å². The van der Waals surface area contributed by atoms with Crippen LogP contribution in [-0.4, -0.2) is 4.57 Å². The molecule has 0 bridgehead atoms. The van der Waals surface area contributed by atoms with Gasteiger partial charge in [-0.15, -0.1) is 34.0 Å². The number of hydrogen-bond donors (Lipinski definition) is 0. The minimum Gasteiger partial charge on any atom is -0.301 e. The average Bonchev–Trinajstić information content (AvgIpc) is 3.55.